The molecule has 0 amide bonds. The third-order valence-electron chi connectivity index (χ3n) is 4.50. The fourth-order valence-electron chi connectivity index (χ4n) is 2.86. The number of aromatic nitrogens is 2. The van der Waals surface area contributed by atoms with Crippen LogP contribution in [0.15, 0.2) is 59.7 Å². The lowest BCUT2D eigenvalue weighted by Crippen LogP contribution is -2.04. The van der Waals surface area contributed by atoms with Crippen LogP contribution in [0.5, 0.6) is 0 Å². The van der Waals surface area contributed by atoms with Crippen molar-refractivity contribution in [3.05, 3.63) is 70.9 Å². The lowest BCUT2D eigenvalue weighted by atomic mass is 9.98. The molecule has 0 bridgehead atoms. The van der Waals surface area contributed by atoms with Gasteiger partial charge in [0.2, 0.25) is 0 Å². The molecule has 0 atom stereocenters. The Bertz CT molecular complexity index is 929. The molecule has 0 unspecified atom stereocenters. The summed E-state index contributed by atoms with van der Waals surface area (Å²) < 4.78 is 0. The molecule has 2 aromatic carbocycles. The van der Waals surface area contributed by atoms with Crippen molar-refractivity contribution in [2.45, 2.75) is 20.8 Å². The van der Waals surface area contributed by atoms with Gasteiger partial charge in [0.25, 0.3) is 0 Å². The first-order chi connectivity index (χ1) is 11.6. The molecular formula is C21H23N3. The van der Waals surface area contributed by atoms with Gasteiger partial charge < -0.3 is 5.73 Å². The predicted octanol–water partition coefficient (Wildman–Crippen LogP) is 4.85. The maximum absolute atomic E-state index is 5.94. The zero-order valence-electron chi connectivity index (χ0n) is 14.4. The Kier molecular flexibility index (Phi) is 4.63. The summed E-state index contributed by atoms with van der Waals surface area (Å²) in [6, 6.07) is 14.8. The van der Waals surface area contributed by atoms with Crippen LogP contribution in [-0.4, -0.2) is 16.7 Å². The monoisotopic (exact) mass is 317 g/mol. The highest BCUT2D eigenvalue weighted by Crippen LogP contribution is 2.29. The quantitative estimate of drug-likeness (QED) is 0.676. The van der Waals surface area contributed by atoms with Crippen LogP contribution in [-0.2, 0) is 0 Å². The molecule has 3 aromatic rings. The van der Waals surface area contributed by atoms with Gasteiger partial charge in [0, 0.05) is 23.4 Å². The molecule has 122 valence electrons. The zero-order chi connectivity index (χ0) is 17.1. The van der Waals surface area contributed by atoms with Gasteiger partial charge in [-0.3, -0.25) is 5.10 Å². The minimum absolute atomic E-state index is 0.512. The molecule has 3 nitrogen and oxygen atoms in total. The van der Waals surface area contributed by atoms with Gasteiger partial charge in [0.05, 0.1) is 5.69 Å². The Labute approximate surface area is 142 Å². The van der Waals surface area contributed by atoms with Crippen LogP contribution < -0.4 is 5.73 Å². The summed E-state index contributed by atoms with van der Waals surface area (Å²) in [6.07, 6.45) is 4.24. The summed E-state index contributed by atoms with van der Waals surface area (Å²) in [7, 11) is 0. The van der Waals surface area contributed by atoms with Crippen molar-refractivity contribution in [3.8, 4) is 11.3 Å². The van der Waals surface area contributed by atoms with E-state index in [9.17, 15) is 0 Å². The fourth-order valence-corrected chi connectivity index (χ4v) is 2.86. The van der Waals surface area contributed by atoms with Crippen molar-refractivity contribution in [1.29, 1.82) is 0 Å². The number of aromatic amines is 1. The van der Waals surface area contributed by atoms with Crippen molar-refractivity contribution in [2.75, 3.05) is 6.54 Å². The number of rotatable bonds is 4. The van der Waals surface area contributed by atoms with Gasteiger partial charge >= 0.3 is 0 Å². The van der Waals surface area contributed by atoms with Gasteiger partial charge in [-0.1, -0.05) is 48.0 Å². The standard InChI is InChI=1S/C21H23N3/c1-4-14(2)19(13-22)12-20-15(3)23-24-21(20)18-10-9-16-7-5-6-8-17(16)11-18/h4-12H,13,22H2,1-3H3,(H,23,24)/b14-4-,19-12-. The van der Waals surface area contributed by atoms with Crippen LogP contribution >= 0.6 is 0 Å². The highest BCUT2D eigenvalue weighted by atomic mass is 15.1. The molecule has 0 aliphatic carbocycles. The van der Waals surface area contributed by atoms with Gasteiger partial charge in [0.15, 0.2) is 0 Å². The van der Waals surface area contributed by atoms with E-state index >= 15 is 0 Å². The number of nitrogens with two attached hydrogens (primary N) is 1. The third kappa shape index (κ3) is 3.03. The largest absolute Gasteiger partial charge is 0.326 e. The number of H-pyrrole nitrogens is 1. The van der Waals surface area contributed by atoms with Crippen LogP contribution in [0.3, 0.4) is 0 Å². The molecule has 1 heterocycles. The van der Waals surface area contributed by atoms with E-state index in [1.807, 2.05) is 13.8 Å². The van der Waals surface area contributed by atoms with Gasteiger partial charge in [-0.05, 0) is 49.3 Å². The van der Waals surface area contributed by atoms with Crippen molar-refractivity contribution < 1.29 is 0 Å². The normalized spacial score (nSPS) is 12.8. The minimum atomic E-state index is 0.512. The molecule has 0 saturated carbocycles. The van der Waals surface area contributed by atoms with Crippen LogP contribution in [0.1, 0.15) is 25.1 Å². The fraction of sp³-hybridized carbons (Fsp3) is 0.190. The first kappa shape index (κ1) is 16.2. The van der Waals surface area contributed by atoms with E-state index in [-0.39, 0.29) is 0 Å². The number of nitrogens with one attached hydrogen (secondary N) is 1. The zero-order valence-corrected chi connectivity index (χ0v) is 14.4. The number of allylic oxidation sites excluding steroid dienone is 1. The second-order valence-electron chi connectivity index (χ2n) is 6.02. The molecule has 3 rings (SSSR count). The maximum atomic E-state index is 5.94. The molecule has 0 saturated heterocycles. The smallest absolute Gasteiger partial charge is 0.0996 e. The summed E-state index contributed by atoms with van der Waals surface area (Å²) in [4.78, 5) is 0. The summed E-state index contributed by atoms with van der Waals surface area (Å²) in [5.41, 5.74) is 12.5. The van der Waals surface area contributed by atoms with Gasteiger partial charge in [-0.2, -0.15) is 5.10 Å². The van der Waals surface area contributed by atoms with Crippen molar-refractivity contribution in [1.82, 2.24) is 10.2 Å². The predicted molar refractivity (Wildman–Crippen MR) is 103 cm³/mol. The summed E-state index contributed by atoms with van der Waals surface area (Å²) in [6.45, 7) is 6.68. The molecular weight excluding hydrogens is 294 g/mol. The van der Waals surface area contributed by atoms with Crippen LogP contribution in [0.4, 0.5) is 0 Å². The molecule has 3 N–H and O–H groups in total. The number of fused-ring (bicyclic) bond motifs is 1. The Morgan fingerprint density at radius 2 is 1.92 bits per heavy atom. The molecule has 0 spiro atoms. The first-order valence-corrected chi connectivity index (χ1v) is 8.22. The first-order valence-electron chi connectivity index (χ1n) is 8.22. The van der Waals surface area contributed by atoms with E-state index in [2.05, 4.69) is 71.7 Å². The van der Waals surface area contributed by atoms with Gasteiger partial charge in [0.1, 0.15) is 0 Å². The number of aryl methyl sites for hydroxylation is 1. The molecule has 0 aliphatic rings. The number of benzene rings is 2. The lowest BCUT2D eigenvalue weighted by Gasteiger charge is -2.07. The summed E-state index contributed by atoms with van der Waals surface area (Å²) in [5, 5.41) is 10.1. The van der Waals surface area contributed by atoms with E-state index in [0.29, 0.717) is 6.54 Å². The lowest BCUT2D eigenvalue weighted by molar-refractivity contribution is 1.05. The number of nitrogens with zero attached hydrogens (tertiary/aromatic N) is 1. The van der Waals surface area contributed by atoms with Crippen LogP contribution in [0.2, 0.25) is 0 Å². The van der Waals surface area contributed by atoms with E-state index in [1.54, 1.807) is 0 Å². The number of hydrogen-bond donors (Lipinski definition) is 2. The Balaban J connectivity index is 2.13. The molecule has 24 heavy (non-hydrogen) atoms. The Morgan fingerprint density at radius 1 is 1.17 bits per heavy atom. The highest BCUT2D eigenvalue weighted by molar-refractivity contribution is 5.88. The number of hydrogen-bond acceptors (Lipinski definition) is 2. The molecule has 0 radical (unpaired) electrons. The van der Waals surface area contributed by atoms with E-state index < -0.39 is 0 Å². The molecule has 0 fully saturated rings. The molecule has 3 heteroatoms. The maximum Gasteiger partial charge on any atom is 0.0996 e. The average molecular weight is 317 g/mol. The highest BCUT2D eigenvalue weighted by Gasteiger charge is 2.12. The second-order valence-corrected chi connectivity index (χ2v) is 6.02. The topological polar surface area (TPSA) is 54.7 Å². The van der Waals surface area contributed by atoms with E-state index in [1.165, 1.54) is 16.3 Å². The Hall–Kier alpha value is -2.65. The SMILES string of the molecule is C/C=C(C)\C(=C/c1c(-c2ccc3ccccc3c2)n[nH]c1C)CN. The van der Waals surface area contributed by atoms with Crippen molar-refractivity contribution in [2.24, 2.45) is 5.73 Å². The second kappa shape index (κ2) is 6.85. The van der Waals surface area contributed by atoms with Crippen molar-refractivity contribution in [3.63, 3.8) is 0 Å². The van der Waals surface area contributed by atoms with Crippen LogP contribution in [0.25, 0.3) is 28.1 Å². The van der Waals surface area contributed by atoms with E-state index in [0.717, 1.165) is 28.1 Å². The molecule has 1 aromatic heterocycles. The van der Waals surface area contributed by atoms with Gasteiger partial charge in [-0.25, -0.2) is 0 Å². The van der Waals surface area contributed by atoms with Crippen LogP contribution in [0, 0.1) is 6.92 Å². The third-order valence-corrected chi connectivity index (χ3v) is 4.50. The average Bonchev–Trinajstić information content (AvgIpc) is 2.99. The summed E-state index contributed by atoms with van der Waals surface area (Å²) >= 11 is 0. The Morgan fingerprint density at radius 3 is 2.62 bits per heavy atom. The molecule has 0 aliphatic heterocycles. The van der Waals surface area contributed by atoms with Crippen molar-refractivity contribution >= 4 is 16.8 Å². The van der Waals surface area contributed by atoms with E-state index in [4.69, 9.17) is 5.73 Å². The van der Waals surface area contributed by atoms with Gasteiger partial charge in [-0.15, -0.1) is 0 Å². The summed E-state index contributed by atoms with van der Waals surface area (Å²) in [5.74, 6) is 0. The minimum Gasteiger partial charge on any atom is -0.326 e.